The van der Waals surface area contributed by atoms with Gasteiger partial charge in [0.05, 0.1) is 37.6 Å². The molecule has 2 aliphatic rings. The highest BCUT2D eigenvalue weighted by Crippen LogP contribution is 2.40. The first-order valence-electron chi connectivity index (χ1n) is 11.7. The number of morpholine rings is 1. The maximum Gasteiger partial charge on any atom is 0.338 e. The average Bonchev–Trinajstić information content (AvgIpc) is 3.52. The molecule has 4 heterocycles. The molecule has 9 heteroatoms. The Labute approximate surface area is 209 Å². The standard InChI is InChI=1S/C26H28N4O4S/c1-32-25(31)19-7-3-2-6-18(19)21-9-10-22(34-21)24-23(20-8-4-5-11-27-20)28-26(35)30(24)13-12-29-14-16-33-17-15-29/h2-11,23-24H,12-17H2,1H3,(H,28,35)/t23-,24+/m0/s1. The van der Waals surface area contributed by atoms with Crippen molar-refractivity contribution in [1.82, 2.24) is 20.1 Å². The van der Waals surface area contributed by atoms with Crippen molar-refractivity contribution < 1.29 is 18.7 Å². The van der Waals surface area contributed by atoms with Crippen molar-refractivity contribution in [2.24, 2.45) is 0 Å². The van der Waals surface area contributed by atoms with Gasteiger partial charge in [0, 0.05) is 37.9 Å². The monoisotopic (exact) mass is 492 g/mol. The molecule has 5 rings (SSSR count). The lowest BCUT2D eigenvalue weighted by atomic mass is 10.0. The van der Waals surface area contributed by atoms with Gasteiger partial charge in [0.15, 0.2) is 5.11 Å². The van der Waals surface area contributed by atoms with Crippen molar-refractivity contribution in [3.8, 4) is 11.3 Å². The Hall–Kier alpha value is -3.27. The van der Waals surface area contributed by atoms with Gasteiger partial charge >= 0.3 is 5.97 Å². The van der Waals surface area contributed by atoms with E-state index in [4.69, 9.17) is 26.1 Å². The number of ether oxygens (including phenoxy) is 2. The number of benzene rings is 1. The largest absolute Gasteiger partial charge is 0.465 e. The van der Waals surface area contributed by atoms with Gasteiger partial charge in [0.25, 0.3) is 0 Å². The van der Waals surface area contributed by atoms with E-state index in [1.54, 1.807) is 12.3 Å². The molecule has 2 atom stereocenters. The minimum absolute atomic E-state index is 0.164. The lowest BCUT2D eigenvalue weighted by Gasteiger charge is -2.31. The fourth-order valence-corrected chi connectivity index (χ4v) is 5.00. The molecule has 2 fully saturated rings. The number of rotatable bonds is 7. The minimum Gasteiger partial charge on any atom is -0.465 e. The van der Waals surface area contributed by atoms with Gasteiger partial charge in [0.1, 0.15) is 17.6 Å². The Bertz CT molecular complexity index is 1180. The number of hydrogen-bond acceptors (Lipinski definition) is 7. The molecule has 2 aliphatic heterocycles. The summed E-state index contributed by atoms with van der Waals surface area (Å²) in [4.78, 5) is 21.5. The Morgan fingerprint density at radius 2 is 1.91 bits per heavy atom. The molecular weight excluding hydrogens is 464 g/mol. The fraction of sp³-hybridized carbons (Fsp3) is 0.346. The summed E-state index contributed by atoms with van der Waals surface area (Å²) in [6, 6.07) is 16.7. The van der Waals surface area contributed by atoms with Crippen LogP contribution in [0.25, 0.3) is 11.3 Å². The zero-order valence-electron chi connectivity index (χ0n) is 19.6. The fourth-order valence-electron chi connectivity index (χ4n) is 4.67. The van der Waals surface area contributed by atoms with Crippen LogP contribution >= 0.6 is 12.2 Å². The number of thiocarbonyl (C=S) groups is 1. The number of carbonyl (C=O) groups is 1. The molecular formula is C26H28N4O4S. The maximum atomic E-state index is 12.3. The van der Waals surface area contributed by atoms with E-state index < -0.39 is 5.97 Å². The van der Waals surface area contributed by atoms with Gasteiger partial charge in [-0.25, -0.2) is 4.79 Å². The Morgan fingerprint density at radius 1 is 1.11 bits per heavy atom. The number of nitrogens with one attached hydrogen (secondary N) is 1. The van der Waals surface area contributed by atoms with E-state index in [1.807, 2.05) is 48.5 Å². The normalized spacial score (nSPS) is 20.6. The zero-order valence-corrected chi connectivity index (χ0v) is 20.4. The predicted molar refractivity (Wildman–Crippen MR) is 135 cm³/mol. The van der Waals surface area contributed by atoms with E-state index in [9.17, 15) is 4.79 Å². The number of carbonyl (C=O) groups excluding carboxylic acids is 1. The van der Waals surface area contributed by atoms with Crippen LogP contribution in [0.2, 0.25) is 0 Å². The van der Waals surface area contributed by atoms with Crippen LogP contribution < -0.4 is 5.32 Å². The highest BCUT2D eigenvalue weighted by Gasteiger charge is 2.41. The molecule has 0 aliphatic carbocycles. The van der Waals surface area contributed by atoms with Crippen molar-refractivity contribution in [3.63, 3.8) is 0 Å². The molecule has 3 aromatic rings. The van der Waals surface area contributed by atoms with E-state index in [-0.39, 0.29) is 12.1 Å². The molecule has 0 bridgehead atoms. The summed E-state index contributed by atoms with van der Waals surface area (Å²) >= 11 is 5.77. The van der Waals surface area contributed by atoms with Gasteiger partial charge in [-0.2, -0.15) is 0 Å². The quantitative estimate of drug-likeness (QED) is 0.394. The number of hydrogen-bond donors (Lipinski definition) is 1. The van der Waals surface area contributed by atoms with E-state index in [0.29, 0.717) is 22.0 Å². The number of methoxy groups -OCH3 is 1. The summed E-state index contributed by atoms with van der Waals surface area (Å²) < 4.78 is 16.9. The van der Waals surface area contributed by atoms with E-state index >= 15 is 0 Å². The maximum absolute atomic E-state index is 12.3. The molecule has 2 saturated heterocycles. The molecule has 2 aromatic heterocycles. The average molecular weight is 493 g/mol. The van der Waals surface area contributed by atoms with Crippen molar-refractivity contribution in [2.45, 2.75) is 12.1 Å². The van der Waals surface area contributed by atoms with Crippen LogP contribution in [0.3, 0.4) is 0 Å². The minimum atomic E-state index is -0.402. The molecule has 0 radical (unpaired) electrons. The van der Waals surface area contributed by atoms with Crippen LogP contribution in [0, 0.1) is 0 Å². The van der Waals surface area contributed by atoms with Crippen LogP contribution in [-0.2, 0) is 9.47 Å². The van der Waals surface area contributed by atoms with Crippen molar-refractivity contribution >= 4 is 23.3 Å². The first-order valence-corrected chi connectivity index (χ1v) is 12.1. The summed E-state index contributed by atoms with van der Waals surface area (Å²) in [5.74, 6) is 0.956. The summed E-state index contributed by atoms with van der Waals surface area (Å²) in [5.41, 5.74) is 2.04. The second-order valence-corrected chi connectivity index (χ2v) is 8.90. The second kappa shape index (κ2) is 10.6. The Kier molecular flexibility index (Phi) is 7.08. The van der Waals surface area contributed by atoms with Crippen LogP contribution in [0.15, 0.2) is 65.2 Å². The molecule has 35 heavy (non-hydrogen) atoms. The van der Waals surface area contributed by atoms with Gasteiger partial charge in [-0.15, -0.1) is 0 Å². The molecule has 0 saturated carbocycles. The molecule has 0 amide bonds. The molecule has 1 aromatic carbocycles. The summed E-state index contributed by atoms with van der Waals surface area (Å²) in [7, 11) is 1.38. The Balaban J connectivity index is 1.47. The summed E-state index contributed by atoms with van der Waals surface area (Å²) in [5, 5.41) is 4.13. The zero-order chi connectivity index (χ0) is 24.2. The van der Waals surface area contributed by atoms with Gasteiger partial charge in [-0.05, 0) is 42.5 Å². The Morgan fingerprint density at radius 3 is 2.69 bits per heavy atom. The number of pyridine rings is 1. The topological polar surface area (TPSA) is 80.1 Å². The van der Waals surface area contributed by atoms with Crippen molar-refractivity contribution in [1.29, 1.82) is 0 Å². The van der Waals surface area contributed by atoms with Crippen LogP contribution in [0.5, 0.6) is 0 Å². The summed E-state index contributed by atoms with van der Waals surface area (Å²) in [6.07, 6.45) is 1.79. The predicted octanol–water partition coefficient (Wildman–Crippen LogP) is 3.43. The third kappa shape index (κ3) is 4.93. The number of esters is 1. The van der Waals surface area contributed by atoms with Gasteiger partial charge in [-0.1, -0.05) is 24.3 Å². The molecule has 0 unspecified atom stereocenters. The van der Waals surface area contributed by atoms with Gasteiger partial charge in [-0.3, -0.25) is 9.88 Å². The third-order valence-corrected chi connectivity index (χ3v) is 6.83. The van der Waals surface area contributed by atoms with Crippen molar-refractivity contribution in [2.75, 3.05) is 46.5 Å². The highest BCUT2D eigenvalue weighted by atomic mass is 32.1. The van der Waals surface area contributed by atoms with Crippen LogP contribution in [0.1, 0.15) is 33.9 Å². The highest BCUT2D eigenvalue weighted by molar-refractivity contribution is 7.80. The van der Waals surface area contributed by atoms with Crippen LogP contribution in [-0.4, -0.2) is 72.4 Å². The second-order valence-electron chi connectivity index (χ2n) is 8.51. The van der Waals surface area contributed by atoms with Gasteiger partial charge < -0.3 is 24.1 Å². The van der Waals surface area contributed by atoms with E-state index in [0.717, 1.165) is 50.8 Å². The molecule has 8 nitrogen and oxygen atoms in total. The number of aromatic nitrogens is 1. The third-order valence-electron chi connectivity index (χ3n) is 6.47. The van der Waals surface area contributed by atoms with Gasteiger partial charge in [0.2, 0.25) is 0 Å². The van der Waals surface area contributed by atoms with E-state index in [1.165, 1.54) is 7.11 Å². The first kappa shape index (κ1) is 23.5. The molecule has 182 valence electrons. The number of nitrogens with zero attached hydrogens (tertiary/aromatic N) is 3. The van der Waals surface area contributed by atoms with E-state index in [2.05, 4.69) is 20.1 Å². The first-order chi connectivity index (χ1) is 17.2. The molecule has 0 spiro atoms. The lowest BCUT2D eigenvalue weighted by Crippen LogP contribution is -2.42. The van der Waals surface area contributed by atoms with Crippen molar-refractivity contribution in [3.05, 3.63) is 77.8 Å². The number of furan rings is 1. The molecule has 1 N–H and O–H groups in total. The SMILES string of the molecule is COC(=O)c1ccccc1-c1ccc([C@@H]2[C@H](c3ccccn3)NC(=S)N2CCN2CCOCC2)o1. The lowest BCUT2D eigenvalue weighted by molar-refractivity contribution is 0.0347. The van der Waals surface area contributed by atoms with Crippen LogP contribution in [0.4, 0.5) is 0 Å². The summed E-state index contributed by atoms with van der Waals surface area (Å²) in [6.45, 7) is 4.95. The smallest absolute Gasteiger partial charge is 0.338 e.